The quantitative estimate of drug-likeness (QED) is 0.169. The van der Waals surface area contributed by atoms with Gasteiger partial charge in [-0.1, -0.05) is 93.6 Å². The van der Waals surface area contributed by atoms with Crippen molar-refractivity contribution in [2.24, 2.45) is 17.3 Å². The summed E-state index contributed by atoms with van der Waals surface area (Å²) < 4.78 is 13.0. The van der Waals surface area contributed by atoms with Crippen molar-refractivity contribution in [3.05, 3.63) is 97.1 Å². The van der Waals surface area contributed by atoms with Gasteiger partial charge in [-0.25, -0.2) is 0 Å². The molecule has 10 nitrogen and oxygen atoms in total. The number of rotatable bonds is 16. The Morgan fingerprint density at radius 2 is 1.67 bits per heavy atom. The molecule has 1 spiro atoms. The fraction of sp³-hybridized carbons (Fsp3) is 0.524. The van der Waals surface area contributed by atoms with E-state index >= 15 is 4.79 Å². The Hall–Kier alpha value is -4.28. The Kier molecular flexibility index (Phi) is 11.8. The summed E-state index contributed by atoms with van der Waals surface area (Å²) in [6, 6.07) is 16.3. The monoisotopic (exact) mass is 713 g/mol. The first-order valence-electron chi connectivity index (χ1n) is 18.4. The normalized spacial score (nSPS) is 24.9. The Labute approximate surface area is 308 Å². The maximum atomic E-state index is 15.2. The van der Waals surface area contributed by atoms with E-state index in [-0.39, 0.29) is 36.7 Å². The van der Waals surface area contributed by atoms with Gasteiger partial charge in [-0.05, 0) is 56.1 Å². The number of hydrogen-bond acceptors (Lipinski definition) is 7. The molecule has 0 saturated carbocycles. The number of amides is 3. The molecule has 3 aliphatic heterocycles. The number of fused-ring (bicyclic) bond motifs is 1. The van der Waals surface area contributed by atoms with Crippen LogP contribution in [0.1, 0.15) is 90.0 Å². The van der Waals surface area contributed by atoms with Crippen LogP contribution in [-0.4, -0.2) is 81.6 Å². The highest BCUT2D eigenvalue weighted by Crippen LogP contribution is 2.60. The molecule has 52 heavy (non-hydrogen) atoms. The number of esters is 1. The first-order valence-corrected chi connectivity index (χ1v) is 18.4. The second kappa shape index (κ2) is 15.8. The first-order chi connectivity index (χ1) is 24.7. The van der Waals surface area contributed by atoms with Crippen molar-refractivity contribution < 1.29 is 33.8 Å². The lowest BCUT2D eigenvalue weighted by atomic mass is 9.70. The van der Waals surface area contributed by atoms with Crippen LogP contribution in [0.15, 0.2) is 86.0 Å². The van der Waals surface area contributed by atoms with Gasteiger partial charge in [-0.15, -0.1) is 13.2 Å². The number of aliphatic hydroxyl groups excluding tert-OH is 1. The number of nitrogens with zero attached hydrogens (tertiary/aromatic N) is 2. The Bertz CT molecular complexity index is 1620. The molecule has 2 aromatic rings. The van der Waals surface area contributed by atoms with E-state index in [4.69, 9.17) is 9.47 Å². The molecule has 3 heterocycles. The molecule has 3 fully saturated rings. The van der Waals surface area contributed by atoms with Gasteiger partial charge in [0.25, 0.3) is 0 Å². The third-order valence-electron chi connectivity index (χ3n) is 10.7. The largest absolute Gasteiger partial charge is 0.455 e. The van der Waals surface area contributed by atoms with Crippen LogP contribution in [0.2, 0.25) is 0 Å². The number of allylic oxidation sites excluding steroid dienone is 1. The number of carbonyl (C=O) groups excluding carboxylic acids is 4. The molecular formula is C42H55N3O7. The summed E-state index contributed by atoms with van der Waals surface area (Å²) in [5, 5.41) is 13.8. The van der Waals surface area contributed by atoms with Crippen molar-refractivity contribution in [3.63, 3.8) is 0 Å². The molecule has 3 saturated heterocycles. The fourth-order valence-electron chi connectivity index (χ4n) is 8.95. The van der Waals surface area contributed by atoms with E-state index in [2.05, 4.69) is 39.2 Å². The van der Waals surface area contributed by atoms with E-state index in [1.54, 1.807) is 17.1 Å². The predicted molar refractivity (Wildman–Crippen MR) is 198 cm³/mol. The van der Waals surface area contributed by atoms with Crippen molar-refractivity contribution in [3.8, 4) is 0 Å². The molecule has 3 amide bonds. The highest BCUT2D eigenvalue weighted by atomic mass is 16.6. The highest BCUT2D eigenvalue weighted by molar-refractivity contribution is 5.98. The molecule has 2 N–H and O–H groups in total. The lowest BCUT2D eigenvalue weighted by Crippen LogP contribution is -2.61. The van der Waals surface area contributed by atoms with Gasteiger partial charge in [-0.3, -0.25) is 19.2 Å². The summed E-state index contributed by atoms with van der Waals surface area (Å²) in [6.07, 6.45) is 4.17. The van der Waals surface area contributed by atoms with Gasteiger partial charge in [0, 0.05) is 18.5 Å². The summed E-state index contributed by atoms with van der Waals surface area (Å²) in [7, 11) is 0. The Morgan fingerprint density at radius 1 is 1.04 bits per heavy atom. The van der Waals surface area contributed by atoms with Crippen LogP contribution >= 0.6 is 0 Å². The minimum Gasteiger partial charge on any atom is -0.455 e. The van der Waals surface area contributed by atoms with E-state index in [0.717, 1.165) is 0 Å². The minimum absolute atomic E-state index is 0.0426. The smallest absolute Gasteiger partial charge is 0.313 e. The number of likely N-dealkylation sites (tertiary alicyclic amines) is 1. The predicted octanol–water partition coefficient (Wildman–Crippen LogP) is 5.69. The molecule has 0 radical (unpaired) electrons. The minimum atomic E-state index is -1.32. The molecule has 5 rings (SSSR count). The van der Waals surface area contributed by atoms with Crippen LogP contribution in [0.3, 0.4) is 0 Å². The van der Waals surface area contributed by atoms with Crippen molar-refractivity contribution in [1.29, 1.82) is 0 Å². The standard InChI is InChI=1S/C42H55N3O7/c1-8-10-21-33(47)43-25-32(29-19-15-12-16-20-29)51-39(50)34-31-22-23-42(52-31)35(34)37(48)45(30(26-46)28-17-13-11-14-18-28)36(42)38(49)44(24-9-2)41(6,7)27-40(3,4)5/h8-9,11-20,30-32,34-36,46H,1-2,10,21-27H2,3-7H3,(H,43,47)/t30-,31+,32-,34-,35-,36+,42-/m1/s1. The zero-order chi connectivity index (χ0) is 37.8. The SMILES string of the molecule is C=CCCC(=O)NC[C@@H](OC(=O)[C@@H]1[C@@H]2CC[C@]3(O2)[C@H](C(=O)N(CC=C)C(C)(C)CC(C)(C)C)N([C@H](CO)c2ccccc2)C(=O)[C@@H]13)c1ccccc1. The number of carbonyl (C=O) groups is 4. The maximum absolute atomic E-state index is 15.2. The average Bonchev–Trinajstić information content (AvgIpc) is 3.75. The fourth-order valence-corrected chi connectivity index (χ4v) is 8.95. The van der Waals surface area contributed by atoms with Gasteiger partial charge in [0.1, 0.15) is 17.7 Å². The molecule has 2 aromatic carbocycles. The van der Waals surface area contributed by atoms with Crippen molar-refractivity contribution in [2.45, 2.75) is 102 Å². The highest BCUT2D eigenvalue weighted by Gasteiger charge is 2.76. The van der Waals surface area contributed by atoms with E-state index in [1.165, 1.54) is 4.90 Å². The van der Waals surface area contributed by atoms with Crippen LogP contribution in [0.25, 0.3) is 0 Å². The summed E-state index contributed by atoms with van der Waals surface area (Å²) in [4.78, 5) is 60.4. The molecule has 0 unspecified atom stereocenters. The van der Waals surface area contributed by atoms with E-state index in [0.29, 0.717) is 36.8 Å². The van der Waals surface area contributed by atoms with Crippen LogP contribution in [0.4, 0.5) is 0 Å². The molecule has 280 valence electrons. The summed E-state index contributed by atoms with van der Waals surface area (Å²) >= 11 is 0. The molecule has 2 bridgehead atoms. The zero-order valence-corrected chi connectivity index (χ0v) is 31.3. The number of benzene rings is 2. The Morgan fingerprint density at radius 3 is 2.25 bits per heavy atom. The number of hydrogen-bond donors (Lipinski definition) is 2. The topological polar surface area (TPSA) is 125 Å². The van der Waals surface area contributed by atoms with Crippen LogP contribution in [0.5, 0.6) is 0 Å². The number of aliphatic hydroxyl groups is 1. The van der Waals surface area contributed by atoms with Crippen molar-refractivity contribution in [2.75, 3.05) is 19.7 Å². The lowest BCUT2D eigenvalue weighted by molar-refractivity contribution is -0.161. The van der Waals surface area contributed by atoms with Crippen LogP contribution < -0.4 is 5.32 Å². The van der Waals surface area contributed by atoms with Crippen molar-refractivity contribution >= 4 is 23.7 Å². The van der Waals surface area contributed by atoms with Crippen LogP contribution in [-0.2, 0) is 28.7 Å². The number of nitrogens with one attached hydrogen (secondary N) is 1. The summed E-state index contributed by atoms with van der Waals surface area (Å²) in [5.41, 5.74) is -0.714. The van der Waals surface area contributed by atoms with Crippen LogP contribution in [0, 0.1) is 17.3 Å². The van der Waals surface area contributed by atoms with Gasteiger partial charge in [0.15, 0.2) is 0 Å². The second-order valence-corrected chi connectivity index (χ2v) is 16.2. The average molecular weight is 714 g/mol. The molecule has 0 aliphatic carbocycles. The third kappa shape index (κ3) is 7.74. The molecule has 3 aliphatic rings. The van der Waals surface area contributed by atoms with Gasteiger partial charge >= 0.3 is 5.97 Å². The molecule has 10 heteroatoms. The second-order valence-electron chi connectivity index (χ2n) is 16.2. The molecule has 7 atom stereocenters. The maximum Gasteiger partial charge on any atom is 0.313 e. The van der Waals surface area contributed by atoms with Crippen molar-refractivity contribution in [1.82, 2.24) is 15.1 Å². The van der Waals surface area contributed by atoms with Gasteiger partial charge < -0.3 is 29.7 Å². The van der Waals surface area contributed by atoms with Gasteiger partial charge in [0.2, 0.25) is 17.7 Å². The van der Waals surface area contributed by atoms with E-state index in [9.17, 15) is 19.5 Å². The van der Waals surface area contributed by atoms with E-state index < -0.39 is 65.8 Å². The summed E-state index contributed by atoms with van der Waals surface area (Å²) in [5.74, 6) is -3.56. The van der Waals surface area contributed by atoms with E-state index in [1.807, 2.05) is 74.5 Å². The molecular weight excluding hydrogens is 658 g/mol. The van der Waals surface area contributed by atoms with Gasteiger partial charge in [0.05, 0.1) is 37.1 Å². The lowest BCUT2D eigenvalue weighted by Gasteiger charge is -2.46. The number of ether oxygens (including phenoxy) is 2. The molecule has 0 aromatic heterocycles. The summed E-state index contributed by atoms with van der Waals surface area (Å²) in [6.45, 7) is 17.9. The first kappa shape index (κ1) is 38.9. The Balaban J connectivity index is 1.54. The zero-order valence-electron chi connectivity index (χ0n) is 31.3. The van der Waals surface area contributed by atoms with Gasteiger partial charge in [-0.2, -0.15) is 0 Å². The third-order valence-corrected chi connectivity index (χ3v) is 10.7.